The summed E-state index contributed by atoms with van der Waals surface area (Å²) in [4.78, 5) is 13.0. The van der Waals surface area contributed by atoms with Gasteiger partial charge in [-0.3, -0.25) is 9.97 Å². The molecule has 0 saturated carbocycles. The van der Waals surface area contributed by atoms with E-state index in [0.717, 1.165) is 5.56 Å². The lowest BCUT2D eigenvalue weighted by molar-refractivity contribution is 0.581. The summed E-state index contributed by atoms with van der Waals surface area (Å²) in [7, 11) is 0. The van der Waals surface area contributed by atoms with E-state index < -0.39 is 0 Å². The average Bonchev–Trinajstić information content (AvgIpc) is 3.19. The van der Waals surface area contributed by atoms with Crippen LogP contribution < -0.4 is 0 Å². The fourth-order valence-corrected chi connectivity index (χ4v) is 2.49. The number of nitrogens with zero attached hydrogens (tertiary/aromatic N) is 6. The highest BCUT2D eigenvalue weighted by molar-refractivity contribution is 5.68. The lowest BCUT2D eigenvalue weighted by Crippen LogP contribution is -1.97. The zero-order valence-corrected chi connectivity index (χ0v) is 13.8. The molecule has 0 aliphatic rings. The predicted molar refractivity (Wildman–Crippen MR) is 93.4 cm³/mol. The van der Waals surface area contributed by atoms with Crippen LogP contribution in [0.3, 0.4) is 0 Å². The molecular weight excluding hydrogens is 328 g/mol. The van der Waals surface area contributed by atoms with Crippen LogP contribution in [0.4, 0.5) is 0 Å². The molecule has 124 valence electrons. The summed E-state index contributed by atoms with van der Waals surface area (Å²) in [5.41, 5.74) is 3.55. The van der Waals surface area contributed by atoms with Crippen molar-refractivity contribution in [2.75, 3.05) is 0 Å². The van der Waals surface area contributed by atoms with E-state index in [4.69, 9.17) is 4.42 Å². The van der Waals surface area contributed by atoms with Gasteiger partial charge in [-0.15, -0.1) is 10.2 Å². The second-order valence-electron chi connectivity index (χ2n) is 5.50. The highest BCUT2D eigenvalue weighted by Crippen LogP contribution is 2.27. The topological polar surface area (TPSA) is 101 Å². The third-order valence-corrected chi connectivity index (χ3v) is 3.82. The van der Waals surface area contributed by atoms with Crippen LogP contribution in [0.1, 0.15) is 11.3 Å². The van der Waals surface area contributed by atoms with Crippen molar-refractivity contribution >= 4 is 0 Å². The molecule has 0 unspecified atom stereocenters. The van der Waals surface area contributed by atoms with Gasteiger partial charge in [0.25, 0.3) is 5.89 Å². The van der Waals surface area contributed by atoms with Crippen molar-refractivity contribution < 1.29 is 4.42 Å². The first-order valence-electron chi connectivity index (χ1n) is 7.83. The van der Waals surface area contributed by atoms with Crippen molar-refractivity contribution in [2.24, 2.45) is 0 Å². The van der Waals surface area contributed by atoms with Gasteiger partial charge < -0.3 is 4.42 Å². The number of nitriles is 1. The first-order valence-corrected chi connectivity index (χ1v) is 7.83. The van der Waals surface area contributed by atoms with Gasteiger partial charge in [-0.2, -0.15) is 5.26 Å². The lowest BCUT2D eigenvalue weighted by Gasteiger charge is -2.05. The monoisotopic (exact) mass is 340 g/mol. The minimum absolute atomic E-state index is 0.276. The van der Waals surface area contributed by atoms with Crippen molar-refractivity contribution in [2.45, 2.75) is 6.92 Å². The summed E-state index contributed by atoms with van der Waals surface area (Å²) in [6.07, 6.45) is 4.75. The fraction of sp³-hybridized carbons (Fsp3) is 0.0526. The van der Waals surface area contributed by atoms with Crippen LogP contribution >= 0.6 is 0 Å². The fourth-order valence-electron chi connectivity index (χ4n) is 2.49. The van der Waals surface area contributed by atoms with Crippen molar-refractivity contribution in [3.63, 3.8) is 0 Å². The van der Waals surface area contributed by atoms with Gasteiger partial charge >= 0.3 is 0 Å². The lowest BCUT2D eigenvalue weighted by atomic mass is 10.1. The van der Waals surface area contributed by atoms with Crippen LogP contribution in [-0.2, 0) is 0 Å². The molecule has 3 aromatic heterocycles. The number of hydrogen-bond donors (Lipinski definition) is 0. The minimum atomic E-state index is 0.276. The van der Waals surface area contributed by atoms with Crippen LogP contribution in [0, 0.1) is 18.3 Å². The Kier molecular flexibility index (Phi) is 3.92. The average molecular weight is 340 g/mol. The summed E-state index contributed by atoms with van der Waals surface area (Å²) in [5.74, 6) is 0.685. The van der Waals surface area contributed by atoms with Gasteiger partial charge in [0.1, 0.15) is 5.69 Å². The Morgan fingerprint density at radius 1 is 1.00 bits per heavy atom. The molecule has 0 saturated heterocycles. The molecule has 1 aromatic carbocycles. The summed E-state index contributed by atoms with van der Waals surface area (Å²) in [6.45, 7) is 1.81. The maximum absolute atomic E-state index is 9.28. The number of aryl methyl sites for hydroxylation is 1. The molecule has 4 rings (SSSR count). The highest BCUT2D eigenvalue weighted by Gasteiger charge is 2.17. The summed E-state index contributed by atoms with van der Waals surface area (Å²) >= 11 is 0. The van der Waals surface area contributed by atoms with Crippen LogP contribution in [-0.4, -0.2) is 25.1 Å². The molecule has 4 aromatic rings. The maximum Gasteiger partial charge on any atom is 0.268 e. The smallest absolute Gasteiger partial charge is 0.268 e. The SMILES string of the molecule is Cc1ncc(-c2cnccc2C#N)nc1-c1nnc(-c2ccccc2)o1. The van der Waals surface area contributed by atoms with Gasteiger partial charge in [-0.25, -0.2) is 4.98 Å². The van der Waals surface area contributed by atoms with Gasteiger partial charge in [0.2, 0.25) is 5.89 Å². The first-order chi connectivity index (χ1) is 12.8. The molecule has 0 fully saturated rings. The molecule has 3 heterocycles. The summed E-state index contributed by atoms with van der Waals surface area (Å²) in [6, 6.07) is 13.3. The molecule has 0 aliphatic heterocycles. The van der Waals surface area contributed by atoms with Crippen LogP contribution in [0.25, 0.3) is 34.3 Å². The Morgan fingerprint density at radius 2 is 1.81 bits per heavy atom. The van der Waals surface area contributed by atoms with E-state index in [1.165, 1.54) is 0 Å². The maximum atomic E-state index is 9.28. The van der Waals surface area contributed by atoms with Gasteiger partial charge in [0.05, 0.1) is 29.2 Å². The standard InChI is InChI=1S/C19H12N6O/c1-12-17(19-25-24-18(26-19)13-5-3-2-4-6-13)23-16(11-22-12)15-10-21-8-7-14(15)9-20/h2-8,10-11H,1H3. The molecule has 7 heteroatoms. The van der Waals surface area contributed by atoms with Crippen molar-refractivity contribution in [3.05, 3.63) is 66.2 Å². The van der Waals surface area contributed by atoms with Crippen LogP contribution in [0.15, 0.2) is 59.4 Å². The van der Waals surface area contributed by atoms with Gasteiger partial charge in [-0.1, -0.05) is 18.2 Å². The number of rotatable bonds is 3. The van der Waals surface area contributed by atoms with E-state index in [-0.39, 0.29) is 5.89 Å². The van der Waals surface area contributed by atoms with Crippen LogP contribution in [0.2, 0.25) is 0 Å². The minimum Gasteiger partial charge on any atom is -0.415 e. The Hall–Kier alpha value is -3.92. The predicted octanol–water partition coefficient (Wildman–Crippen LogP) is 3.44. The number of aromatic nitrogens is 5. The molecule has 0 N–H and O–H groups in total. The largest absolute Gasteiger partial charge is 0.415 e. The molecule has 0 aliphatic carbocycles. The van der Waals surface area contributed by atoms with Gasteiger partial charge in [-0.05, 0) is 25.1 Å². The molecule has 26 heavy (non-hydrogen) atoms. The van der Waals surface area contributed by atoms with Gasteiger partial charge in [0.15, 0.2) is 0 Å². The summed E-state index contributed by atoms with van der Waals surface area (Å²) < 4.78 is 5.78. The zero-order chi connectivity index (χ0) is 17.9. The third kappa shape index (κ3) is 2.80. The number of benzene rings is 1. The van der Waals surface area contributed by atoms with E-state index in [1.54, 1.807) is 24.7 Å². The second kappa shape index (κ2) is 6.53. The second-order valence-corrected chi connectivity index (χ2v) is 5.50. The molecule has 0 spiro atoms. The van der Waals surface area contributed by atoms with E-state index in [9.17, 15) is 5.26 Å². The molecule has 0 bridgehead atoms. The molecular formula is C19H12N6O. The molecule has 0 amide bonds. The Balaban J connectivity index is 1.79. The van der Waals surface area contributed by atoms with E-state index >= 15 is 0 Å². The molecule has 7 nitrogen and oxygen atoms in total. The van der Waals surface area contributed by atoms with E-state index in [1.807, 2.05) is 37.3 Å². The molecule has 0 atom stereocenters. The van der Waals surface area contributed by atoms with Crippen molar-refractivity contribution in [1.29, 1.82) is 5.26 Å². The van der Waals surface area contributed by atoms with E-state index in [0.29, 0.717) is 34.1 Å². The molecule has 0 radical (unpaired) electrons. The Labute approximate surface area is 149 Å². The highest BCUT2D eigenvalue weighted by atomic mass is 16.4. The Bertz CT molecular complexity index is 1110. The quantitative estimate of drug-likeness (QED) is 0.563. The first kappa shape index (κ1) is 15.6. The summed E-state index contributed by atoms with van der Waals surface area (Å²) in [5, 5.41) is 17.5. The van der Waals surface area contributed by atoms with Crippen LogP contribution in [0.5, 0.6) is 0 Å². The van der Waals surface area contributed by atoms with Gasteiger partial charge in [0, 0.05) is 23.5 Å². The normalized spacial score (nSPS) is 10.5. The number of pyridine rings is 1. The number of hydrogen-bond acceptors (Lipinski definition) is 7. The Morgan fingerprint density at radius 3 is 2.62 bits per heavy atom. The van der Waals surface area contributed by atoms with Crippen molar-refractivity contribution in [1.82, 2.24) is 25.1 Å². The zero-order valence-electron chi connectivity index (χ0n) is 13.8. The third-order valence-electron chi connectivity index (χ3n) is 3.82. The van der Waals surface area contributed by atoms with Crippen molar-refractivity contribution in [3.8, 4) is 40.4 Å². The van der Waals surface area contributed by atoms with E-state index in [2.05, 4.69) is 31.2 Å².